The molecular weight excluding hydrogens is 274 g/mol. The molecular formula is C14H21N3O4. The van der Waals surface area contributed by atoms with E-state index in [1.165, 1.54) is 17.0 Å². The van der Waals surface area contributed by atoms with E-state index in [2.05, 4.69) is 5.32 Å². The Balaban J connectivity index is 3.21. The summed E-state index contributed by atoms with van der Waals surface area (Å²) in [7, 11) is 1.68. The smallest absolute Gasteiger partial charge is 0.282 e. The van der Waals surface area contributed by atoms with Crippen LogP contribution < -0.4 is 5.32 Å². The third-order valence-corrected chi connectivity index (χ3v) is 3.15. The Hall–Kier alpha value is -2.15. The van der Waals surface area contributed by atoms with E-state index in [4.69, 9.17) is 5.11 Å². The quantitative estimate of drug-likeness (QED) is 0.591. The van der Waals surface area contributed by atoms with Gasteiger partial charge in [-0.2, -0.15) is 0 Å². The highest BCUT2D eigenvalue weighted by Crippen LogP contribution is 2.24. The summed E-state index contributed by atoms with van der Waals surface area (Å²) < 4.78 is 0. The van der Waals surface area contributed by atoms with Gasteiger partial charge in [0, 0.05) is 38.0 Å². The lowest BCUT2D eigenvalue weighted by atomic mass is 10.1. The van der Waals surface area contributed by atoms with E-state index in [0.717, 1.165) is 0 Å². The molecule has 7 nitrogen and oxygen atoms in total. The van der Waals surface area contributed by atoms with Crippen LogP contribution in [0.25, 0.3) is 0 Å². The Bertz CT molecular complexity index is 517. The van der Waals surface area contributed by atoms with Crippen molar-refractivity contribution >= 4 is 17.3 Å². The molecule has 1 aromatic carbocycles. The molecule has 0 aliphatic rings. The number of aliphatic hydroxyl groups excluding tert-OH is 1. The van der Waals surface area contributed by atoms with Gasteiger partial charge in [-0.05, 0) is 32.4 Å². The molecule has 0 atom stereocenters. The predicted molar refractivity (Wildman–Crippen MR) is 80.5 cm³/mol. The van der Waals surface area contributed by atoms with Crippen molar-refractivity contribution in [3.05, 3.63) is 33.9 Å². The number of anilines is 1. The number of nitro groups is 1. The van der Waals surface area contributed by atoms with E-state index >= 15 is 0 Å². The van der Waals surface area contributed by atoms with Gasteiger partial charge >= 0.3 is 0 Å². The van der Waals surface area contributed by atoms with Crippen LogP contribution in [0.5, 0.6) is 0 Å². The number of nitrogens with zero attached hydrogens (tertiary/aromatic N) is 2. The standard InChI is InChI=1S/C14H21N3O4/c1-10(2)16(7-4-8-18)14(19)12-9-11(15-3)5-6-13(12)17(20)21/h5-6,9-10,15,18H,4,7-8H2,1-3H3. The van der Waals surface area contributed by atoms with Crippen LogP contribution in [0.2, 0.25) is 0 Å². The lowest BCUT2D eigenvalue weighted by Crippen LogP contribution is -2.38. The first-order chi connectivity index (χ1) is 9.92. The van der Waals surface area contributed by atoms with Gasteiger partial charge in [-0.25, -0.2) is 0 Å². The summed E-state index contributed by atoms with van der Waals surface area (Å²) in [6, 6.07) is 4.25. The summed E-state index contributed by atoms with van der Waals surface area (Å²) in [4.78, 5) is 24.7. The van der Waals surface area contributed by atoms with E-state index in [1.807, 2.05) is 13.8 Å². The first-order valence-electron chi connectivity index (χ1n) is 6.80. The Kier molecular flexibility index (Phi) is 6.10. The molecule has 116 valence electrons. The second-order valence-corrected chi connectivity index (χ2v) is 4.91. The number of rotatable bonds is 7. The van der Waals surface area contributed by atoms with Gasteiger partial charge < -0.3 is 15.3 Å². The first-order valence-corrected chi connectivity index (χ1v) is 6.80. The molecule has 1 rings (SSSR count). The lowest BCUT2D eigenvalue weighted by Gasteiger charge is -2.26. The summed E-state index contributed by atoms with van der Waals surface area (Å²) in [6.07, 6.45) is 0.434. The number of benzene rings is 1. The van der Waals surface area contributed by atoms with Crippen molar-refractivity contribution in [1.29, 1.82) is 0 Å². The molecule has 7 heteroatoms. The van der Waals surface area contributed by atoms with Crippen molar-refractivity contribution in [2.24, 2.45) is 0 Å². The predicted octanol–water partition coefficient (Wildman–Crippen LogP) is 1.87. The fourth-order valence-corrected chi connectivity index (χ4v) is 2.01. The molecule has 0 fully saturated rings. The van der Waals surface area contributed by atoms with Gasteiger partial charge in [0.1, 0.15) is 5.56 Å². The zero-order chi connectivity index (χ0) is 16.0. The molecule has 0 bridgehead atoms. The Morgan fingerprint density at radius 1 is 1.48 bits per heavy atom. The number of hydrogen-bond acceptors (Lipinski definition) is 5. The maximum atomic E-state index is 12.6. The number of hydrogen-bond donors (Lipinski definition) is 2. The third kappa shape index (κ3) is 4.16. The van der Waals surface area contributed by atoms with Crippen LogP contribution in [0.1, 0.15) is 30.6 Å². The molecule has 1 amide bonds. The minimum absolute atomic E-state index is 0.0326. The molecule has 2 N–H and O–H groups in total. The number of carbonyl (C=O) groups excluding carboxylic acids is 1. The van der Waals surface area contributed by atoms with Gasteiger partial charge in [-0.15, -0.1) is 0 Å². The maximum absolute atomic E-state index is 12.6. The topological polar surface area (TPSA) is 95.7 Å². The summed E-state index contributed by atoms with van der Waals surface area (Å²) in [5.41, 5.74) is 0.474. The van der Waals surface area contributed by atoms with Crippen LogP contribution in [0, 0.1) is 10.1 Å². The lowest BCUT2D eigenvalue weighted by molar-refractivity contribution is -0.385. The highest BCUT2D eigenvalue weighted by molar-refractivity contribution is 5.99. The average Bonchev–Trinajstić information content (AvgIpc) is 2.46. The molecule has 0 aliphatic heterocycles. The molecule has 0 heterocycles. The second-order valence-electron chi connectivity index (χ2n) is 4.91. The summed E-state index contributed by atoms with van der Waals surface area (Å²) in [5.74, 6) is -0.401. The van der Waals surface area contributed by atoms with Crippen LogP contribution in [0.15, 0.2) is 18.2 Å². The fourth-order valence-electron chi connectivity index (χ4n) is 2.01. The number of nitrogens with one attached hydrogen (secondary N) is 1. The van der Waals surface area contributed by atoms with Crippen LogP contribution in [0.4, 0.5) is 11.4 Å². The molecule has 0 saturated carbocycles. The molecule has 0 aliphatic carbocycles. The van der Waals surface area contributed by atoms with E-state index < -0.39 is 10.8 Å². The third-order valence-electron chi connectivity index (χ3n) is 3.15. The monoisotopic (exact) mass is 295 g/mol. The van der Waals surface area contributed by atoms with E-state index in [-0.39, 0.29) is 23.9 Å². The van der Waals surface area contributed by atoms with Gasteiger partial charge in [0.15, 0.2) is 0 Å². The molecule has 0 spiro atoms. The number of carbonyl (C=O) groups is 1. The van der Waals surface area contributed by atoms with Crippen molar-refractivity contribution in [3.63, 3.8) is 0 Å². The molecule has 0 radical (unpaired) electrons. The molecule has 0 unspecified atom stereocenters. The minimum Gasteiger partial charge on any atom is -0.396 e. The molecule has 1 aromatic rings. The zero-order valence-corrected chi connectivity index (χ0v) is 12.5. The van der Waals surface area contributed by atoms with Crippen molar-refractivity contribution < 1.29 is 14.8 Å². The van der Waals surface area contributed by atoms with E-state index in [1.54, 1.807) is 13.1 Å². The normalized spacial score (nSPS) is 10.5. The van der Waals surface area contributed by atoms with Crippen LogP contribution in [-0.2, 0) is 0 Å². The Labute approximate surface area is 123 Å². The largest absolute Gasteiger partial charge is 0.396 e. The van der Waals surface area contributed by atoms with Crippen molar-refractivity contribution in [3.8, 4) is 0 Å². The van der Waals surface area contributed by atoms with Gasteiger partial charge in [0.2, 0.25) is 0 Å². The number of nitro benzene ring substituents is 1. The van der Waals surface area contributed by atoms with Crippen LogP contribution >= 0.6 is 0 Å². The highest BCUT2D eigenvalue weighted by atomic mass is 16.6. The summed E-state index contributed by atoms with van der Waals surface area (Å²) in [5, 5.41) is 22.9. The van der Waals surface area contributed by atoms with Gasteiger partial charge in [0.25, 0.3) is 11.6 Å². The van der Waals surface area contributed by atoms with Crippen LogP contribution in [0.3, 0.4) is 0 Å². The first kappa shape index (κ1) is 16.9. The molecule has 0 saturated heterocycles. The van der Waals surface area contributed by atoms with Crippen molar-refractivity contribution in [2.75, 3.05) is 25.5 Å². The van der Waals surface area contributed by atoms with Crippen LogP contribution in [-0.4, -0.2) is 47.1 Å². The highest BCUT2D eigenvalue weighted by Gasteiger charge is 2.26. The summed E-state index contributed by atoms with van der Waals surface area (Å²) in [6.45, 7) is 4.00. The molecule has 0 aromatic heterocycles. The summed E-state index contributed by atoms with van der Waals surface area (Å²) >= 11 is 0. The number of aliphatic hydroxyl groups is 1. The Morgan fingerprint density at radius 3 is 2.62 bits per heavy atom. The zero-order valence-electron chi connectivity index (χ0n) is 12.5. The van der Waals surface area contributed by atoms with Gasteiger partial charge in [-0.3, -0.25) is 14.9 Å². The Morgan fingerprint density at radius 2 is 2.14 bits per heavy atom. The minimum atomic E-state index is -0.558. The molecule has 21 heavy (non-hydrogen) atoms. The van der Waals surface area contributed by atoms with Gasteiger partial charge in [-0.1, -0.05) is 0 Å². The van der Waals surface area contributed by atoms with Crippen molar-refractivity contribution in [1.82, 2.24) is 4.90 Å². The SMILES string of the molecule is CNc1ccc([N+](=O)[O-])c(C(=O)N(CCCO)C(C)C)c1. The van der Waals surface area contributed by atoms with Crippen molar-refractivity contribution in [2.45, 2.75) is 26.3 Å². The number of amides is 1. The van der Waals surface area contributed by atoms with Gasteiger partial charge in [0.05, 0.1) is 4.92 Å². The fraction of sp³-hybridized carbons (Fsp3) is 0.500. The van der Waals surface area contributed by atoms with E-state index in [0.29, 0.717) is 18.7 Å². The van der Waals surface area contributed by atoms with E-state index in [9.17, 15) is 14.9 Å². The maximum Gasteiger partial charge on any atom is 0.282 e. The average molecular weight is 295 g/mol. The second kappa shape index (κ2) is 7.58.